The van der Waals surface area contributed by atoms with Crippen LogP contribution in [0.25, 0.3) is 10.9 Å². The lowest BCUT2D eigenvalue weighted by Gasteiger charge is -2.06. The van der Waals surface area contributed by atoms with Crippen LogP contribution in [0.5, 0.6) is 5.88 Å². The van der Waals surface area contributed by atoms with E-state index >= 15 is 0 Å². The molecule has 0 unspecified atom stereocenters. The molecule has 3 N–H and O–H groups in total. The van der Waals surface area contributed by atoms with Crippen molar-refractivity contribution in [3.8, 4) is 5.88 Å². The minimum atomic E-state index is -3.86. The molecule has 0 aliphatic carbocycles. The van der Waals surface area contributed by atoms with Crippen molar-refractivity contribution in [1.29, 1.82) is 0 Å². The van der Waals surface area contributed by atoms with E-state index < -0.39 is 15.9 Å². The van der Waals surface area contributed by atoms with E-state index in [0.717, 1.165) is 0 Å². The number of fused-ring (bicyclic) bond motifs is 1. The Morgan fingerprint density at radius 1 is 1.00 bits per heavy atom. The maximum Gasteiger partial charge on any atom is 0.411 e. The lowest BCUT2D eigenvalue weighted by molar-refractivity contribution is 0.208. The lowest BCUT2D eigenvalue weighted by atomic mass is 10.2. The predicted molar refractivity (Wildman–Crippen MR) is 80.4 cm³/mol. The first-order valence-electron chi connectivity index (χ1n) is 6.38. The molecule has 0 spiro atoms. The molecular weight excluding hydrogens is 304 g/mol. The third-order valence-electron chi connectivity index (χ3n) is 3.15. The Hall–Kier alpha value is -2.80. The second-order valence-corrected chi connectivity index (χ2v) is 6.45. The molecule has 0 fully saturated rings. The maximum atomic E-state index is 12.9. The monoisotopic (exact) mass is 316 g/mol. The molecule has 7 heteroatoms. The van der Waals surface area contributed by atoms with Gasteiger partial charge in [-0.15, -0.1) is 0 Å². The zero-order valence-electron chi connectivity index (χ0n) is 11.3. The average molecular weight is 316 g/mol. The first-order chi connectivity index (χ1) is 10.5. The van der Waals surface area contributed by atoms with Crippen molar-refractivity contribution in [1.82, 2.24) is 4.98 Å². The molecule has 0 bridgehead atoms. The Labute approximate surface area is 126 Å². The second-order valence-electron chi connectivity index (χ2n) is 4.57. The number of aromatic amines is 1. The molecule has 0 atom stereocenters. The van der Waals surface area contributed by atoms with Crippen LogP contribution in [0.4, 0.5) is 4.79 Å². The Bertz CT molecular complexity index is 946. The third-order valence-corrected chi connectivity index (χ3v) is 4.99. The summed E-state index contributed by atoms with van der Waals surface area (Å²) in [5.74, 6) is -0.183. The molecule has 0 aliphatic rings. The van der Waals surface area contributed by atoms with Crippen LogP contribution in [0.3, 0.4) is 0 Å². The summed E-state index contributed by atoms with van der Waals surface area (Å²) < 4.78 is 30.6. The highest BCUT2D eigenvalue weighted by molar-refractivity contribution is 7.91. The third kappa shape index (κ3) is 2.31. The molecule has 22 heavy (non-hydrogen) atoms. The van der Waals surface area contributed by atoms with E-state index in [4.69, 9.17) is 10.5 Å². The molecule has 0 radical (unpaired) electrons. The van der Waals surface area contributed by atoms with Crippen LogP contribution in [0.1, 0.15) is 0 Å². The minimum absolute atomic E-state index is 0.104. The molecule has 3 rings (SSSR count). The number of hydrogen-bond donors (Lipinski definition) is 2. The summed E-state index contributed by atoms with van der Waals surface area (Å²) in [7, 11) is -3.86. The number of sulfone groups is 1. The number of carbonyl (C=O) groups is 1. The van der Waals surface area contributed by atoms with Crippen molar-refractivity contribution in [2.45, 2.75) is 9.79 Å². The van der Waals surface area contributed by atoms with Crippen molar-refractivity contribution < 1.29 is 17.9 Å². The number of amides is 1. The van der Waals surface area contributed by atoms with Gasteiger partial charge in [-0.2, -0.15) is 0 Å². The number of aromatic nitrogens is 1. The van der Waals surface area contributed by atoms with E-state index in [-0.39, 0.29) is 15.7 Å². The Morgan fingerprint density at radius 2 is 1.64 bits per heavy atom. The SMILES string of the molecule is NC(=O)Oc1[nH]c2ccccc2c1S(=O)(=O)c1ccccc1. The van der Waals surface area contributed by atoms with Gasteiger partial charge in [-0.25, -0.2) is 13.2 Å². The van der Waals surface area contributed by atoms with Gasteiger partial charge in [-0.3, -0.25) is 0 Å². The zero-order chi connectivity index (χ0) is 15.7. The van der Waals surface area contributed by atoms with Gasteiger partial charge in [0.2, 0.25) is 15.7 Å². The molecule has 1 aromatic heterocycles. The summed E-state index contributed by atoms with van der Waals surface area (Å²) in [4.78, 5) is 13.8. The number of rotatable bonds is 3. The number of ether oxygens (including phenoxy) is 1. The molecular formula is C15H12N2O4S. The summed E-state index contributed by atoms with van der Waals surface area (Å²) in [5.41, 5.74) is 5.56. The molecule has 112 valence electrons. The van der Waals surface area contributed by atoms with Crippen LogP contribution >= 0.6 is 0 Å². The second kappa shape index (κ2) is 5.19. The van der Waals surface area contributed by atoms with Gasteiger partial charge in [0.1, 0.15) is 4.90 Å². The van der Waals surface area contributed by atoms with E-state index in [0.29, 0.717) is 10.9 Å². The highest BCUT2D eigenvalue weighted by atomic mass is 32.2. The summed E-state index contributed by atoms with van der Waals surface area (Å²) in [5, 5.41) is 0.433. The normalized spacial score (nSPS) is 11.5. The van der Waals surface area contributed by atoms with E-state index in [2.05, 4.69) is 4.98 Å². The number of para-hydroxylation sites is 1. The lowest BCUT2D eigenvalue weighted by Crippen LogP contribution is -2.18. The number of nitrogens with one attached hydrogen (secondary N) is 1. The molecule has 3 aromatic rings. The van der Waals surface area contributed by atoms with Crippen LogP contribution in [-0.2, 0) is 9.84 Å². The van der Waals surface area contributed by atoms with E-state index in [9.17, 15) is 13.2 Å². The fourth-order valence-electron chi connectivity index (χ4n) is 2.25. The number of H-pyrrole nitrogens is 1. The van der Waals surface area contributed by atoms with Gasteiger partial charge < -0.3 is 15.5 Å². The summed E-state index contributed by atoms with van der Waals surface area (Å²) in [6.45, 7) is 0. The van der Waals surface area contributed by atoms with Crippen molar-refractivity contribution >= 4 is 26.8 Å². The zero-order valence-corrected chi connectivity index (χ0v) is 12.1. The topological polar surface area (TPSA) is 102 Å². The summed E-state index contributed by atoms with van der Waals surface area (Å²) in [6.07, 6.45) is -1.09. The molecule has 6 nitrogen and oxygen atoms in total. The molecule has 0 aliphatic heterocycles. The van der Waals surface area contributed by atoms with Crippen molar-refractivity contribution in [2.75, 3.05) is 0 Å². The highest BCUT2D eigenvalue weighted by Gasteiger charge is 2.28. The number of primary amides is 1. The summed E-state index contributed by atoms with van der Waals surface area (Å²) >= 11 is 0. The number of nitrogens with two attached hydrogens (primary N) is 1. The number of carbonyl (C=O) groups excluding carboxylic acids is 1. The van der Waals surface area contributed by atoms with E-state index in [1.54, 1.807) is 42.5 Å². The van der Waals surface area contributed by atoms with Crippen LogP contribution in [0, 0.1) is 0 Å². The quantitative estimate of drug-likeness (QED) is 0.774. The Balaban J connectivity index is 2.31. The van der Waals surface area contributed by atoms with Gasteiger partial charge >= 0.3 is 6.09 Å². The Kier molecular flexibility index (Phi) is 3.34. The molecule has 0 saturated heterocycles. The number of hydrogen-bond acceptors (Lipinski definition) is 4. The van der Waals surface area contributed by atoms with Crippen LogP contribution < -0.4 is 10.5 Å². The van der Waals surface area contributed by atoms with Crippen LogP contribution in [0.15, 0.2) is 64.4 Å². The predicted octanol–water partition coefficient (Wildman–Crippen LogP) is 2.46. The maximum absolute atomic E-state index is 12.9. The fourth-order valence-corrected chi connectivity index (χ4v) is 3.80. The molecule has 2 aromatic carbocycles. The van der Waals surface area contributed by atoms with Gasteiger partial charge in [0, 0.05) is 10.9 Å². The van der Waals surface area contributed by atoms with Gasteiger partial charge in [0.15, 0.2) is 0 Å². The molecule has 1 heterocycles. The first kappa shape index (κ1) is 14.2. The molecule has 0 saturated carbocycles. The minimum Gasteiger partial charge on any atom is -0.392 e. The average Bonchev–Trinajstić information content (AvgIpc) is 2.85. The standard InChI is InChI=1S/C15H12N2O4S/c16-15(18)21-14-13(11-8-4-5-9-12(11)17-14)22(19,20)10-6-2-1-3-7-10/h1-9,17H,(H2,16,18). The Morgan fingerprint density at radius 3 is 2.32 bits per heavy atom. The van der Waals surface area contributed by atoms with Gasteiger partial charge in [-0.1, -0.05) is 36.4 Å². The first-order valence-corrected chi connectivity index (χ1v) is 7.86. The summed E-state index contributed by atoms with van der Waals surface area (Å²) in [6, 6.07) is 14.7. The van der Waals surface area contributed by atoms with Crippen molar-refractivity contribution in [3.05, 3.63) is 54.6 Å². The van der Waals surface area contributed by atoms with Gasteiger partial charge in [0.25, 0.3) is 0 Å². The smallest absolute Gasteiger partial charge is 0.392 e. The van der Waals surface area contributed by atoms with Gasteiger partial charge in [-0.05, 0) is 18.2 Å². The van der Waals surface area contributed by atoms with E-state index in [1.807, 2.05) is 0 Å². The van der Waals surface area contributed by atoms with Gasteiger partial charge in [0.05, 0.1) is 4.90 Å². The van der Waals surface area contributed by atoms with Crippen molar-refractivity contribution in [2.24, 2.45) is 5.73 Å². The largest absolute Gasteiger partial charge is 0.411 e. The number of benzene rings is 2. The van der Waals surface area contributed by atoms with Crippen LogP contribution in [-0.4, -0.2) is 19.5 Å². The van der Waals surface area contributed by atoms with Crippen molar-refractivity contribution in [3.63, 3.8) is 0 Å². The fraction of sp³-hybridized carbons (Fsp3) is 0. The molecule has 1 amide bonds. The van der Waals surface area contributed by atoms with E-state index in [1.165, 1.54) is 12.1 Å². The highest BCUT2D eigenvalue weighted by Crippen LogP contribution is 2.36. The van der Waals surface area contributed by atoms with Crippen LogP contribution in [0.2, 0.25) is 0 Å².